The highest BCUT2D eigenvalue weighted by Crippen LogP contribution is 2.29. The molecule has 2 N–H and O–H groups in total. The van der Waals surface area contributed by atoms with Gasteiger partial charge in [0, 0.05) is 35.9 Å². The molecular weight excluding hydrogens is 456 g/mol. The van der Waals surface area contributed by atoms with Gasteiger partial charge in [-0.25, -0.2) is 0 Å². The molecule has 0 spiro atoms. The average Bonchev–Trinajstić information content (AvgIpc) is 3.25. The molecule has 1 aliphatic rings. The first-order valence-electron chi connectivity index (χ1n) is 12.0. The van der Waals surface area contributed by atoms with Gasteiger partial charge in [0.05, 0.1) is 12.3 Å². The third kappa shape index (κ3) is 6.95. The molecule has 0 radical (unpaired) electrons. The van der Waals surface area contributed by atoms with Gasteiger partial charge in [-0.05, 0) is 60.8 Å². The summed E-state index contributed by atoms with van der Waals surface area (Å²) in [6.07, 6.45) is 1.12. The first-order chi connectivity index (χ1) is 17.0. The van der Waals surface area contributed by atoms with Gasteiger partial charge in [0.2, 0.25) is 0 Å². The summed E-state index contributed by atoms with van der Waals surface area (Å²) in [5.41, 5.74) is 4.80. The van der Waals surface area contributed by atoms with Gasteiger partial charge in [-0.3, -0.25) is 9.69 Å². The van der Waals surface area contributed by atoms with Crippen LogP contribution in [0.2, 0.25) is 0 Å². The quantitative estimate of drug-likeness (QED) is 0.385. The van der Waals surface area contributed by atoms with Gasteiger partial charge in [0.25, 0.3) is 0 Å². The summed E-state index contributed by atoms with van der Waals surface area (Å²) in [4.78, 5) is 16.6. The van der Waals surface area contributed by atoms with Crippen molar-refractivity contribution in [2.75, 3.05) is 13.6 Å². The Hall–Kier alpha value is -3.11. The van der Waals surface area contributed by atoms with Gasteiger partial charge in [-0.15, -0.1) is 17.3 Å². The monoisotopic (exact) mass is 488 g/mol. The van der Waals surface area contributed by atoms with Crippen molar-refractivity contribution in [3.8, 4) is 17.6 Å². The predicted molar refractivity (Wildman–Crippen MR) is 141 cm³/mol. The molecule has 0 bridgehead atoms. The number of carbonyl (C=O) groups is 1. The van der Waals surface area contributed by atoms with Crippen LogP contribution >= 0.6 is 11.3 Å². The van der Waals surface area contributed by atoms with E-state index in [4.69, 9.17) is 9.84 Å². The van der Waals surface area contributed by atoms with E-state index in [0.29, 0.717) is 6.61 Å². The maximum Gasteiger partial charge on any atom is 0.304 e. The normalized spacial score (nSPS) is 14.0. The number of aliphatic carboxylic acids is 1. The van der Waals surface area contributed by atoms with Crippen LogP contribution in [-0.2, 0) is 37.5 Å². The molecule has 5 nitrogen and oxygen atoms in total. The summed E-state index contributed by atoms with van der Waals surface area (Å²) in [6.45, 7) is 6.19. The number of carboxylic acids is 1. The number of hydrogen-bond donors (Lipinski definition) is 2. The van der Waals surface area contributed by atoms with Crippen LogP contribution in [0.15, 0.2) is 54.6 Å². The Morgan fingerprint density at radius 2 is 2.00 bits per heavy atom. The second kappa shape index (κ2) is 12.0. The van der Waals surface area contributed by atoms with Gasteiger partial charge in [0.15, 0.2) is 0 Å². The lowest BCUT2D eigenvalue weighted by molar-refractivity contribution is -0.137. The molecule has 3 aromatic rings. The molecule has 1 atom stereocenters. The highest BCUT2D eigenvalue weighted by Gasteiger charge is 2.19. The van der Waals surface area contributed by atoms with Crippen LogP contribution in [0.4, 0.5) is 0 Å². The van der Waals surface area contributed by atoms with Crippen molar-refractivity contribution < 1.29 is 14.6 Å². The van der Waals surface area contributed by atoms with Crippen LogP contribution in [0.3, 0.4) is 0 Å². The van der Waals surface area contributed by atoms with Crippen LogP contribution in [0.25, 0.3) is 0 Å². The molecule has 1 aromatic heterocycles. The summed E-state index contributed by atoms with van der Waals surface area (Å²) in [7, 11) is 2.00. The molecule has 182 valence electrons. The molecule has 0 aliphatic carbocycles. The average molecular weight is 489 g/mol. The zero-order chi connectivity index (χ0) is 24.6. The Kier molecular flexibility index (Phi) is 8.59. The summed E-state index contributed by atoms with van der Waals surface area (Å²) in [6, 6.07) is 18.5. The Morgan fingerprint density at radius 3 is 2.74 bits per heavy atom. The zero-order valence-electron chi connectivity index (χ0n) is 20.3. The lowest BCUT2D eigenvalue weighted by Crippen LogP contribution is -2.29. The molecule has 1 aliphatic heterocycles. The fourth-order valence-corrected chi connectivity index (χ4v) is 5.67. The topological polar surface area (TPSA) is 61.8 Å². The van der Waals surface area contributed by atoms with E-state index in [0.717, 1.165) is 49.5 Å². The van der Waals surface area contributed by atoms with Crippen molar-refractivity contribution in [2.24, 2.45) is 0 Å². The van der Waals surface area contributed by atoms with Crippen molar-refractivity contribution in [1.82, 2.24) is 10.2 Å². The molecule has 0 saturated carbocycles. The van der Waals surface area contributed by atoms with Crippen LogP contribution < -0.4 is 10.1 Å². The number of nitrogens with zero attached hydrogens (tertiary/aromatic N) is 1. The minimum Gasteiger partial charge on any atom is -0.489 e. The minimum absolute atomic E-state index is 0.00428. The maximum absolute atomic E-state index is 11.1. The molecule has 4 rings (SSSR count). The van der Waals surface area contributed by atoms with Crippen molar-refractivity contribution in [2.45, 2.75) is 51.9 Å². The highest BCUT2D eigenvalue weighted by atomic mass is 32.1. The third-order valence-corrected chi connectivity index (χ3v) is 7.37. The molecule has 0 unspecified atom stereocenters. The van der Waals surface area contributed by atoms with Crippen molar-refractivity contribution in [3.05, 3.63) is 86.6 Å². The second-order valence-corrected chi connectivity index (χ2v) is 10.1. The largest absolute Gasteiger partial charge is 0.489 e. The second-order valence-electron chi connectivity index (χ2n) is 8.87. The fraction of sp³-hybridized carbons (Fsp3) is 0.345. The van der Waals surface area contributed by atoms with E-state index in [2.05, 4.69) is 52.4 Å². The number of nitrogens with one attached hydrogen (secondary N) is 1. The Balaban J connectivity index is 1.33. The zero-order valence-corrected chi connectivity index (χ0v) is 21.2. The van der Waals surface area contributed by atoms with Crippen LogP contribution in [0.5, 0.6) is 5.75 Å². The molecule has 2 aromatic carbocycles. The van der Waals surface area contributed by atoms with Gasteiger partial charge in [-0.1, -0.05) is 42.3 Å². The van der Waals surface area contributed by atoms with E-state index >= 15 is 0 Å². The number of hydrogen-bond acceptors (Lipinski definition) is 5. The number of ether oxygens (including phenoxy) is 1. The standard InChI is InChI=1S/C29H32N2O3S/c1-3-5-24(16-29(32)33)23-8-10-26(11-9-23)34-20-22-7-4-6-21(14-22)18-31-13-12-28-25(19-31)15-27(35-28)17-30-2/h4,6-11,14-15,24,30H,12-13,16-20H2,1-2H3,(H,32,33)/t24-/m0/s1. The van der Waals surface area contributed by atoms with E-state index in [1.807, 2.05) is 42.6 Å². The van der Waals surface area contributed by atoms with E-state index in [1.165, 1.54) is 20.9 Å². The van der Waals surface area contributed by atoms with Gasteiger partial charge in [0.1, 0.15) is 12.4 Å². The lowest BCUT2D eigenvalue weighted by atomic mass is 9.96. The van der Waals surface area contributed by atoms with Crippen molar-refractivity contribution in [3.63, 3.8) is 0 Å². The Morgan fingerprint density at radius 1 is 1.20 bits per heavy atom. The van der Waals surface area contributed by atoms with E-state index in [1.54, 1.807) is 6.92 Å². The van der Waals surface area contributed by atoms with E-state index < -0.39 is 5.97 Å². The highest BCUT2D eigenvalue weighted by molar-refractivity contribution is 7.12. The predicted octanol–water partition coefficient (Wildman–Crippen LogP) is 5.19. The maximum atomic E-state index is 11.1. The van der Waals surface area contributed by atoms with Gasteiger partial charge >= 0.3 is 5.97 Å². The lowest BCUT2D eigenvalue weighted by Gasteiger charge is -2.27. The number of fused-ring (bicyclic) bond motifs is 1. The minimum atomic E-state index is -0.850. The molecule has 6 heteroatoms. The van der Waals surface area contributed by atoms with Crippen LogP contribution in [-0.4, -0.2) is 29.6 Å². The van der Waals surface area contributed by atoms with Crippen molar-refractivity contribution >= 4 is 17.3 Å². The molecule has 0 saturated heterocycles. The Bertz CT molecular complexity index is 1210. The van der Waals surface area contributed by atoms with Gasteiger partial charge < -0.3 is 15.2 Å². The first kappa shape index (κ1) is 25.0. The van der Waals surface area contributed by atoms with E-state index in [9.17, 15) is 4.79 Å². The molecule has 0 fully saturated rings. The molecule has 2 heterocycles. The molecular formula is C29H32N2O3S. The van der Waals surface area contributed by atoms with Gasteiger partial charge in [-0.2, -0.15) is 0 Å². The number of carboxylic acid groups (broad SMARTS) is 1. The number of thiophene rings is 1. The summed E-state index contributed by atoms with van der Waals surface area (Å²) >= 11 is 1.94. The van der Waals surface area contributed by atoms with Crippen molar-refractivity contribution in [1.29, 1.82) is 0 Å². The Labute approximate surface area is 211 Å². The van der Waals surface area contributed by atoms with Crippen LogP contribution in [0, 0.1) is 11.8 Å². The van der Waals surface area contributed by atoms with Crippen LogP contribution in [0.1, 0.15) is 51.3 Å². The van der Waals surface area contributed by atoms with E-state index in [-0.39, 0.29) is 12.3 Å². The first-order valence-corrected chi connectivity index (χ1v) is 12.8. The molecule has 35 heavy (non-hydrogen) atoms. The third-order valence-electron chi connectivity index (χ3n) is 6.13. The SMILES string of the molecule is CC#C[C@@H](CC(=O)O)c1ccc(OCc2cccc(CN3CCc4sc(CNC)cc4C3)c2)cc1. The molecule has 0 amide bonds. The summed E-state index contributed by atoms with van der Waals surface area (Å²) in [5.74, 6) is 5.41. The number of rotatable bonds is 10. The fourth-order valence-electron chi connectivity index (χ4n) is 4.49. The summed E-state index contributed by atoms with van der Waals surface area (Å²) in [5, 5.41) is 12.4. The summed E-state index contributed by atoms with van der Waals surface area (Å²) < 4.78 is 6.01. The smallest absolute Gasteiger partial charge is 0.304 e. The number of benzene rings is 2.